The van der Waals surface area contributed by atoms with Gasteiger partial charge in [-0.2, -0.15) is 13.2 Å². The lowest BCUT2D eigenvalue weighted by molar-refractivity contribution is -0.137. The monoisotopic (exact) mass is 243 g/mol. The number of alkyl halides is 3. The SMILES string of the molecule is NC1CCC(c2ccc(C(F)(F)F)cc2)CC1. The third kappa shape index (κ3) is 3.00. The van der Waals surface area contributed by atoms with E-state index in [1.54, 1.807) is 12.1 Å². The van der Waals surface area contributed by atoms with Crippen LogP contribution in [0.3, 0.4) is 0 Å². The van der Waals surface area contributed by atoms with Crippen molar-refractivity contribution < 1.29 is 13.2 Å². The van der Waals surface area contributed by atoms with E-state index in [0.29, 0.717) is 5.92 Å². The molecule has 0 unspecified atom stereocenters. The average molecular weight is 243 g/mol. The molecule has 1 aliphatic rings. The number of hydrogen-bond acceptors (Lipinski definition) is 1. The highest BCUT2D eigenvalue weighted by Gasteiger charge is 2.30. The molecule has 1 aromatic carbocycles. The van der Waals surface area contributed by atoms with Crippen LogP contribution in [0.4, 0.5) is 13.2 Å². The maximum absolute atomic E-state index is 12.4. The van der Waals surface area contributed by atoms with Gasteiger partial charge in [-0.3, -0.25) is 0 Å². The van der Waals surface area contributed by atoms with Crippen LogP contribution in [0.2, 0.25) is 0 Å². The fraction of sp³-hybridized carbons (Fsp3) is 0.538. The molecule has 2 rings (SSSR count). The van der Waals surface area contributed by atoms with Crippen LogP contribution >= 0.6 is 0 Å². The van der Waals surface area contributed by atoms with Crippen molar-refractivity contribution in [3.05, 3.63) is 35.4 Å². The summed E-state index contributed by atoms with van der Waals surface area (Å²) in [5.74, 6) is 0.372. The molecule has 0 aromatic heterocycles. The van der Waals surface area contributed by atoms with Crippen molar-refractivity contribution in [1.82, 2.24) is 0 Å². The minimum absolute atomic E-state index is 0.265. The van der Waals surface area contributed by atoms with Crippen LogP contribution in [0.5, 0.6) is 0 Å². The molecule has 0 amide bonds. The Hall–Kier alpha value is -1.03. The Kier molecular flexibility index (Phi) is 3.43. The Bertz CT molecular complexity index is 361. The van der Waals surface area contributed by atoms with E-state index < -0.39 is 11.7 Å². The van der Waals surface area contributed by atoms with E-state index in [1.807, 2.05) is 0 Å². The van der Waals surface area contributed by atoms with E-state index in [4.69, 9.17) is 5.73 Å². The van der Waals surface area contributed by atoms with Gasteiger partial charge >= 0.3 is 6.18 Å². The lowest BCUT2D eigenvalue weighted by atomic mass is 9.82. The summed E-state index contributed by atoms with van der Waals surface area (Å²) in [6.45, 7) is 0. The van der Waals surface area contributed by atoms with Gasteiger partial charge in [-0.25, -0.2) is 0 Å². The molecule has 0 radical (unpaired) electrons. The molecular formula is C13H16F3N. The molecule has 0 atom stereocenters. The molecule has 1 nitrogen and oxygen atoms in total. The summed E-state index contributed by atoms with van der Waals surface area (Å²) >= 11 is 0. The number of rotatable bonds is 1. The van der Waals surface area contributed by atoms with Gasteiger partial charge in [0.05, 0.1) is 5.56 Å². The van der Waals surface area contributed by atoms with Gasteiger partial charge in [-0.05, 0) is 49.3 Å². The van der Waals surface area contributed by atoms with E-state index in [9.17, 15) is 13.2 Å². The van der Waals surface area contributed by atoms with Crippen molar-refractivity contribution in [2.75, 3.05) is 0 Å². The molecule has 0 saturated heterocycles. The van der Waals surface area contributed by atoms with Crippen LogP contribution in [0.1, 0.15) is 42.7 Å². The molecule has 4 heteroatoms. The molecular weight excluding hydrogens is 227 g/mol. The molecule has 1 saturated carbocycles. The van der Waals surface area contributed by atoms with E-state index >= 15 is 0 Å². The molecule has 0 aliphatic heterocycles. The van der Waals surface area contributed by atoms with Gasteiger partial charge in [-0.1, -0.05) is 12.1 Å². The number of benzene rings is 1. The lowest BCUT2D eigenvalue weighted by Gasteiger charge is -2.26. The lowest BCUT2D eigenvalue weighted by Crippen LogP contribution is -2.25. The summed E-state index contributed by atoms with van der Waals surface area (Å²) in [7, 11) is 0. The van der Waals surface area contributed by atoms with Gasteiger partial charge in [0.1, 0.15) is 0 Å². The zero-order valence-electron chi connectivity index (χ0n) is 9.50. The highest BCUT2D eigenvalue weighted by molar-refractivity contribution is 5.27. The smallest absolute Gasteiger partial charge is 0.328 e. The van der Waals surface area contributed by atoms with Gasteiger partial charge in [0.25, 0.3) is 0 Å². The molecule has 1 aliphatic carbocycles. The number of nitrogens with two attached hydrogens (primary N) is 1. The number of hydrogen-bond donors (Lipinski definition) is 1. The van der Waals surface area contributed by atoms with Crippen LogP contribution in [-0.2, 0) is 6.18 Å². The van der Waals surface area contributed by atoms with Crippen LogP contribution in [0, 0.1) is 0 Å². The molecule has 2 N–H and O–H groups in total. The molecule has 1 fully saturated rings. The van der Waals surface area contributed by atoms with Crippen molar-refractivity contribution in [3.8, 4) is 0 Å². The molecule has 0 heterocycles. The summed E-state index contributed by atoms with van der Waals surface area (Å²) in [5.41, 5.74) is 6.24. The summed E-state index contributed by atoms with van der Waals surface area (Å²) < 4.78 is 37.2. The average Bonchev–Trinajstić information content (AvgIpc) is 2.29. The largest absolute Gasteiger partial charge is 0.416 e. The molecule has 0 spiro atoms. The van der Waals surface area contributed by atoms with Crippen LogP contribution in [0.25, 0.3) is 0 Å². The second kappa shape index (κ2) is 4.69. The highest BCUT2D eigenvalue weighted by atomic mass is 19.4. The zero-order valence-corrected chi connectivity index (χ0v) is 9.50. The van der Waals surface area contributed by atoms with Crippen molar-refractivity contribution in [1.29, 1.82) is 0 Å². The van der Waals surface area contributed by atoms with E-state index in [2.05, 4.69) is 0 Å². The van der Waals surface area contributed by atoms with Crippen LogP contribution in [-0.4, -0.2) is 6.04 Å². The van der Waals surface area contributed by atoms with Gasteiger partial charge in [-0.15, -0.1) is 0 Å². The maximum Gasteiger partial charge on any atom is 0.416 e. The first kappa shape index (κ1) is 12.4. The Labute approximate surface area is 98.8 Å². The van der Waals surface area contributed by atoms with E-state index in [1.165, 1.54) is 12.1 Å². The predicted octanol–water partition coefficient (Wildman–Crippen LogP) is 3.69. The first-order chi connectivity index (χ1) is 7.97. The Balaban J connectivity index is 2.08. The minimum Gasteiger partial charge on any atom is -0.328 e. The predicted molar refractivity (Wildman–Crippen MR) is 60.6 cm³/mol. The zero-order chi connectivity index (χ0) is 12.5. The quantitative estimate of drug-likeness (QED) is 0.799. The fourth-order valence-corrected chi connectivity index (χ4v) is 2.40. The van der Waals surface area contributed by atoms with Crippen molar-refractivity contribution in [2.24, 2.45) is 5.73 Å². The number of halogens is 3. The van der Waals surface area contributed by atoms with E-state index in [-0.39, 0.29) is 6.04 Å². The third-order valence-electron chi connectivity index (χ3n) is 3.48. The maximum atomic E-state index is 12.4. The molecule has 0 bridgehead atoms. The first-order valence-electron chi connectivity index (χ1n) is 5.89. The summed E-state index contributed by atoms with van der Waals surface area (Å²) in [6, 6.07) is 5.81. The van der Waals surface area contributed by atoms with Gasteiger partial charge in [0.15, 0.2) is 0 Å². The first-order valence-corrected chi connectivity index (χ1v) is 5.89. The third-order valence-corrected chi connectivity index (χ3v) is 3.48. The van der Waals surface area contributed by atoms with Crippen molar-refractivity contribution in [3.63, 3.8) is 0 Å². The fourth-order valence-electron chi connectivity index (χ4n) is 2.40. The Morgan fingerprint density at radius 1 is 0.941 bits per heavy atom. The summed E-state index contributed by atoms with van der Waals surface area (Å²) in [6.07, 6.45) is -0.357. The van der Waals surface area contributed by atoms with Crippen molar-refractivity contribution >= 4 is 0 Å². The van der Waals surface area contributed by atoms with Crippen molar-refractivity contribution in [2.45, 2.75) is 43.8 Å². The second-order valence-corrected chi connectivity index (χ2v) is 4.73. The normalized spacial score (nSPS) is 25.9. The van der Waals surface area contributed by atoms with Gasteiger partial charge < -0.3 is 5.73 Å². The molecule has 1 aromatic rings. The van der Waals surface area contributed by atoms with Crippen LogP contribution < -0.4 is 5.73 Å². The Morgan fingerprint density at radius 3 is 1.94 bits per heavy atom. The summed E-state index contributed by atoms with van der Waals surface area (Å²) in [4.78, 5) is 0. The standard InChI is InChI=1S/C13H16F3N/c14-13(15,16)11-5-1-9(2-6-11)10-3-7-12(17)8-4-10/h1-2,5-6,10,12H,3-4,7-8,17H2. The van der Waals surface area contributed by atoms with Crippen LogP contribution in [0.15, 0.2) is 24.3 Å². The van der Waals surface area contributed by atoms with Gasteiger partial charge in [0.2, 0.25) is 0 Å². The Morgan fingerprint density at radius 2 is 1.47 bits per heavy atom. The second-order valence-electron chi connectivity index (χ2n) is 4.73. The van der Waals surface area contributed by atoms with Gasteiger partial charge in [0, 0.05) is 6.04 Å². The topological polar surface area (TPSA) is 26.0 Å². The molecule has 17 heavy (non-hydrogen) atoms. The summed E-state index contributed by atoms with van der Waals surface area (Å²) in [5, 5.41) is 0. The minimum atomic E-state index is -4.24. The highest BCUT2D eigenvalue weighted by Crippen LogP contribution is 2.34. The van der Waals surface area contributed by atoms with E-state index in [0.717, 1.165) is 31.2 Å². The molecule has 94 valence electrons.